The minimum Gasteiger partial charge on any atom is -0.342 e. The first-order chi connectivity index (χ1) is 13.3. The molecule has 3 heterocycles. The molecule has 0 saturated carbocycles. The summed E-state index contributed by atoms with van der Waals surface area (Å²) in [5.41, 5.74) is 2.15. The lowest BCUT2D eigenvalue weighted by Gasteiger charge is -2.32. The van der Waals surface area contributed by atoms with Gasteiger partial charge in [-0.2, -0.15) is 0 Å². The topological polar surface area (TPSA) is 63.9 Å². The average Bonchev–Trinajstić information content (AvgIpc) is 3.28. The maximum atomic E-state index is 12.7. The molecule has 27 heavy (non-hydrogen) atoms. The molecule has 0 N–H and O–H groups in total. The first-order valence-electron chi connectivity index (χ1n) is 9.41. The number of carbonyl (C=O) groups is 1. The van der Waals surface area contributed by atoms with Gasteiger partial charge in [0.2, 0.25) is 5.91 Å². The number of likely N-dealkylation sites (tertiary alicyclic amines) is 1. The van der Waals surface area contributed by atoms with Crippen molar-refractivity contribution in [2.45, 2.75) is 31.6 Å². The van der Waals surface area contributed by atoms with Gasteiger partial charge in [0.1, 0.15) is 6.33 Å². The average molecular weight is 361 g/mol. The zero-order chi connectivity index (χ0) is 18.5. The molecule has 4 rings (SSSR count). The van der Waals surface area contributed by atoms with E-state index in [1.807, 2.05) is 40.1 Å². The first kappa shape index (κ1) is 17.4. The molecule has 138 valence electrons. The molecule has 2 aromatic heterocycles. The van der Waals surface area contributed by atoms with E-state index in [0.717, 1.165) is 43.9 Å². The van der Waals surface area contributed by atoms with E-state index in [1.165, 1.54) is 5.56 Å². The minimum absolute atomic E-state index is 0.224. The maximum Gasteiger partial charge on any atom is 0.222 e. The molecule has 6 nitrogen and oxygen atoms in total. The van der Waals surface area contributed by atoms with Crippen LogP contribution in [0, 0.1) is 0 Å². The van der Waals surface area contributed by atoms with Gasteiger partial charge in [-0.25, -0.2) is 9.97 Å². The van der Waals surface area contributed by atoms with Crippen LogP contribution < -0.4 is 0 Å². The van der Waals surface area contributed by atoms with Crippen LogP contribution in [0.5, 0.6) is 0 Å². The third-order valence-electron chi connectivity index (χ3n) is 5.07. The number of benzene rings is 1. The third kappa shape index (κ3) is 4.22. The van der Waals surface area contributed by atoms with E-state index in [0.29, 0.717) is 6.42 Å². The summed E-state index contributed by atoms with van der Waals surface area (Å²) in [6.45, 7) is 1.55. The smallest absolute Gasteiger partial charge is 0.222 e. The van der Waals surface area contributed by atoms with E-state index >= 15 is 0 Å². The van der Waals surface area contributed by atoms with Crippen LogP contribution in [0.1, 0.15) is 36.4 Å². The van der Waals surface area contributed by atoms with E-state index in [4.69, 9.17) is 4.98 Å². The van der Waals surface area contributed by atoms with Crippen molar-refractivity contribution >= 4 is 5.91 Å². The zero-order valence-corrected chi connectivity index (χ0v) is 15.2. The van der Waals surface area contributed by atoms with Gasteiger partial charge in [-0.05, 0) is 24.8 Å². The second kappa shape index (κ2) is 8.12. The Balaban J connectivity index is 1.40. The van der Waals surface area contributed by atoms with E-state index in [1.54, 1.807) is 18.7 Å². The Bertz CT molecular complexity index is 879. The number of piperidine rings is 1. The summed E-state index contributed by atoms with van der Waals surface area (Å²) in [4.78, 5) is 27.8. The molecule has 0 aliphatic carbocycles. The van der Waals surface area contributed by atoms with Crippen molar-refractivity contribution in [2.24, 2.45) is 0 Å². The highest BCUT2D eigenvalue weighted by molar-refractivity contribution is 5.76. The van der Waals surface area contributed by atoms with Crippen LogP contribution in [0.4, 0.5) is 0 Å². The molecule has 3 aromatic rings. The van der Waals surface area contributed by atoms with Gasteiger partial charge < -0.3 is 4.90 Å². The van der Waals surface area contributed by atoms with Gasteiger partial charge in [0.15, 0.2) is 5.82 Å². The number of rotatable bonds is 5. The molecule has 1 saturated heterocycles. The van der Waals surface area contributed by atoms with Crippen LogP contribution >= 0.6 is 0 Å². The van der Waals surface area contributed by atoms with E-state index in [2.05, 4.69) is 22.1 Å². The Morgan fingerprint density at radius 2 is 2.04 bits per heavy atom. The summed E-state index contributed by atoms with van der Waals surface area (Å²) in [7, 11) is 0. The number of amides is 1. The second-order valence-corrected chi connectivity index (χ2v) is 6.94. The largest absolute Gasteiger partial charge is 0.342 e. The summed E-state index contributed by atoms with van der Waals surface area (Å²) >= 11 is 0. The van der Waals surface area contributed by atoms with Gasteiger partial charge in [0, 0.05) is 44.0 Å². The quantitative estimate of drug-likeness (QED) is 0.701. The van der Waals surface area contributed by atoms with Gasteiger partial charge in [0.05, 0.1) is 11.9 Å². The van der Waals surface area contributed by atoms with Crippen LogP contribution in [0.3, 0.4) is 0 Å². The fourth-order valence-electron chi connectivity index (χ4n) is 3.59. The number of imidazole rings is 1. The molecule has 6 heteroatoms. The van der Waals surface area contributed by atoms with Crippen LogP contribution in [-0.4, -0.2) is 43.4 Å². The number of nitrogens with zero attached hydrogens (tertiary/aromatic N) is 5. The van der Waals surface area contributed by atoms with E-state index in [-0.39, 0.29) is 11.8 Å². The van der Waals surface area contributed by atoms with Crippen molar-refractivity contribution in [1.29, 1.82) is 0 Å². The fourth-order valence-corrected chi connectivity index (χ4v) is 3.59. The first-order valence-corrected chi connectivity index (χ1v) is 9.41. The molecule has 1 aliphatic heterocycles. The molecule has 0 bridgehead atoms. The number of aryl methyl sites for hydroxylation is 1. The Morgan fingerprint density at radius 1 is 1.15 bits per heavy atom. The Labute approximate surface area is 158 Å². The van der Waals surface area contributed by atoms with Crippen molar-refractivity contribution in [3.05, 3.63) is 72.7 Å². The SMILES string of the molecule is O=C(CCc1ccccc1)N1CCC[C@@H](c2cncc(-n3ccnc3)n2)C1. The molecule has 1 amide bonds. The minimum atomic E-state index is 0.224. The van der Waals surface area contributed by atoms with Gasteiger partial charge in [-0.3, -0.25) is 14.3 Å². The van der Waals surface area contributed by atoms with Crippen molar-refractivity contribution in [1.82, 2.24) is 24.4 Å². The predicted octanol–water partition coefficient (Wildman–Crippen LogP) is 3.00. The normalized spacial score (nSPS) is 17.0. The lowest BCUT2D eigenvalue weighted by molar-refractivity contribution is -0.132. The van der Waals surface area contributed by atoms with Crippen molar-refractivity contribution in [2.75, 3.05) is 13.1 Å². The zero-order valence-electron chi connectivity index (χ0n) is 15.2. The molecule has 1 aromatic carbocycles. The molecule has 0 unspecified atom stereocenters. The molecule has 0 spiro atoms. The van der Waals surface area contributed by atoms with Gasteiger partial charge in [0.25, 0.3) is 0 Å². The van der Waals surface area contributed by atoms with Crippen molar-refractivity contribution in [3.63, 3.8) is 0 Å². The molecule has 1 atom stereocenters. The number of aromatic nitrogens is 4. The molecule has 1 aliphatic rings. The highest BCUT2D eigenvalue weighted by Gasteiger charge is 2.25. The monoisotopic (exact) mass is 361 g/mol. The van der Waals surface area contributed by atoms with Crippen LogP contribution in [0.2, 0.25) is 0 Å². The summed E-state index contributed by atoms with van der Waals surface area (Å²) < 4.78 is 1.85. The predicted molar refractivity (Wildman–Crippen MR) is 102 cm³/mol. The maximum absolute atomic E-state index is 12.7. The van der Waals surface area contributed by atoms with Gasteiger partial charge >= 0.3 is 0 Å². The molecular weight excluding hydrogens is 338 g/mol. The summed E-state index contributed by atoms with van der Waals surface area (Å²) in [6.07, 6.45) is 12.2. The third-order valence-corrected chi connectivity index (χ3v) is 5.07. The van der Waals surface area contributed by atoms with Crippen molar-refractivity contribution in [3.8, 4) is 5.82 Å². The molecule has 1 fully saturated rings. The van der Waals surface area contributed by atoms with Crippen LogP contribution in [0.25, 0.3) is 5.82 Å². The van der Waals surface area contributed by atoms with E-state index < -0.39 is 0 Å². The van der Waals surface area contributed by atoms with E-state index in [9.17, 15) is 4.79 Å². The Kier molecular flexibility index (Phi) is 5.23. The Hall–Kier alpha value is -3.02. The lowest BCUT2D eigenvalue weighted by atomic mass is 9.94. The standard InChI is InChI=1S/C21H23N5O/c27-21(9-8-17-5-2-1-3-6-17)25-11-4-7-18(15-25)19-13-23-14-20(24-19)26-12-10-22-16-26/h1-3,5-6,10,12-14,16,18H,4,7-9,11,15H2/t18-/m1/s1. The lowest BCUT2D eigenvalue weighted by Crippen LogP contribution is -2.39. The number of hydrogen-bond donors (Lipinski definition) is 0. The van der Waals surface area contributed by atoms with Crippen LogP contribution in [0.15, 0.2) is 61.4 Å². The number of hydrogen-bond acceptors (Lipinski definition) is 4. The second-order valence-electron chi connectivity index (χ2n) is 6.94. The Morgan fingerprint density at radius 3 is 2.85 bits per heavy atom. The fraction of sp³-hybridized carbons (Fsp3) is 0.333. The molecule has 0 radical (unpaired) electrons. The highest BCUT2D eigenvalue weighted by Crippen LogP contribution is 2.26. The molecular formula is C21H23N5O. The highest BCUT2D eigenvalue weighted by atomic mass is 16.2. The van der Waals surface area contributed by atoms with Gasteiger partial charge in [-0.15, -0.1) is 0 Å². The van der Waals surface area contributed by atoms with Crippen LogP contribution in [-0.2, 0) is 11.2 Å². The number of carbonyl (C=O) groups excluding carboxylic acids is 1. The van der Waals surface area contributed by atoms with Crippen molar-refractivity contribution < 1.29 is 4.79 Å². The summed E-state index contributed by atoms with van der Waals surface area (Å²) in [5, 5.41) is 0. The summed E-state index contributed by atoms with van der Waals surface area (Å²) in [5.74, 6) is 1.22. The summed E-state index contributed by atoms with van der Waals surface area (Å²) in [6, 6.07) is 10.2. The van der Waals surface area contributed by atoms with Gasteiger partial charge in [-0.1, -0.05) is 30.3 Å².